The highest BCUT2D eigenvalue weighted by molar-refractivity contribution is 5.95. The van der Waals surface area contributed by atoms with Crippen LogP contribution in [0.5, 0.6) is 57.5 Å². The number of carboxylic acid groups (broad SMARTS) is 5. The summed E-state index contributed by atoms with van der Waals surface area (Å²) in [4.78, 5) is 159. The summed E-state index contributed by atoms with van der Waals surface area (Å²) in [6.07, 6.45) is 25.4. The van der Waals surface area contributed by atoms with E-state index in [4.69, 9.17) is 48.1 Å². The van der Waals surface area contributed by atoms with Gasteiger partial charge in [0.15, 0.2) is 0 Å². The summed E-state index contributed by atoms with van der Waals surface area (Å²) in [6, 6.07) is 18.5. The number of carbonyl (C=O) groups is 13. The number of aromatic carboxylic acids is 5. The largest absolute Gasteiger partial charge is 0.507 e. The van der Waals surface area contributed by atoms with Crippen molar-refractivity contribution in [3.8, 4) is 57.5 Å². The molecule has 0 heterocycles. The van der Waals surface area contributed by atoms with Crippen molar-refractivity contribution in [3.63, 3.8) is 0 Å². The van der Waals surface area contributed by atoms with E-state index in [0.29, 0.717) is 51.4 Å². The molecule has 0 spiro atoms. The number of esters is 8. The average Bonchev–Trinajstić information content (AvgIpc) is 0.835. The van der Waals surface area contributed by atoms with E-state index in [-0.39, 0.29) is 125 Å². The highest BCUT2D eigenvalue weighted by Crippen LogP contribution is 2.31. The Kier molecular flexibility index (Phi) is 41.8. The molecule has 0 saturated heterocycles. The minimum Gasteiger partial charge on any atom is -0.507 e. The number of ether oxygens (including phenoxy) is 8. The molecular formula is C83H102O28. The molecule has 0 aromatic heterocycles. The van der Waals surface area contributed by atoms with Crippen molar-refractivity contribution in [2.24, 2.45) is 0 Å². The van der Waals surface area contributed by atoms with Crippen LogP contribution < -0.4 is 37.9 Å². The minimum absolute atomic E-state index is 0.00117. The van der Waals surface area contributed by atoms with Crippen molar-refractivity contribution in [3.05, 3.63) is 119 Å². The number of carboxylic acids is 5. The number of unbranched alkanes of at least 4 members (excludes halogenated alkanes) is 28. The Labute approximate surface area is 644 Å². The zero-order valence-corrected chi connectivity index (χ0v) is 62.6. The van der Waals surface area contributed by atoms with Crippen LogP contribution in [0.4, 0.5) is 0 Å². The Hall–Kier alpha value is -11.2. The van der Waals surface area contributed by atoms with Crippen molar-refractivity contribution >= 4 is 77.6 Å². The molecule has 0 saturated carbocycles. The Bertz CT molecular complexity index is 3930. The lowest BCUT2D eigenvalue weighted by Gasteiger charge is -2.10. The molecule has 28 nitrogen and oxygen atoms in total. The average molecular weight is 1550 g/mol. The third kappa shape index (κ3) is 37.2. The molecule has 0 aliphatic heterocycles. The SMILES string of the molecule is O=C(CCCCCCCCCCC(=O)Oc1ccc(OC(=O)CCCCCCCCCCC(=O)Oc2ccc(OC(=O)CCCCCCCCCCC(=O)Oc3ccc(OC(=O)CCCCCCCCCCC(=O)Oc4ccc(O)c(C(=O)O)c4)c(C(=O)O)c3)c(C(=O)O)c2)c(C(=O)O)c1)Oc1ccc(O)c(C(=O)O)c1. The van der Waals surface area contributed by atoms with E-state index in [1.807, 2.05) is 0 Å². The molecular weight excluding hydrogens is 1440 g/mol. The van der Waals surface area contributed by atoms with Gasteiger partial charge >= 0.3 is 77.6 Å². The van der Waals surface area contributed by atoms with E-state index < -0.39 is 89.1 Å². The van der Waals surface area contributed by atoms with Gasteiger partial charge < -0.3 is 73.6 Å². The second-order valence-corrected chi connectivity index (χ2v) is 27.0. The smallest absolute Gasteiger partial charge is 0.339 e. The number of hydrogen-bond donors (Lipinski definition) is 7. The van der Waals surface area contributed by atoms with Crippen LogP contribution in [0.3, 0.4) is 0 Å². The van der Waals surface area contributed by atoms with Crippen LogP contribution in [-0.2, 0) is 38.4 Å². The Morgan fingerprint density at radius 2 is 0.333 bits per heavy atom. The highest BCUT2D eigenvalue weighted by atomic mass is 16.6. The maximum atomic E-state index is 12.7. The molecule has 7 N–H and O–H groups in total. The third-order valence-corrected chi connectivity index (χ3v) is 17.8. The maximum absolute atomic E-state index is 12.7. The molecule has 5 aromatic carbocycles. The molecule has 0 unspecified atom stereocenters. The Morgan fingerprint density at radius 1 is 0.189 bits per heavy atom. The van der Waals surface area contributed by atoms with E-state index in [2.05, 4.69) is 0 Å². The van der Waals surface area contributed by atoms with Crippen LogP contribution in [0.25, 0.3) is 0 Å². The first kappa shape index (κ1) is 90.4. The molecule has 602 valence electrons. The predicted octanol–water partition coefficient (Wildman–Crippen LogP) is 17.2. The van der Waals surface area contributed by atoms with Gasteiger partial charge in [0.25, 0.3) is 0 Å². The standard InChI is InChI=1S/C83H102O28/c84-66-46-41-56(51-61(66)79(94)95)104-71(86)33-25-17-9-1-2-10-19-27-35-73(88)106-58-43-48-68(63(53-58)81(98)99)110-77(92)39-31-23-15-7-4-12-21-29-37-75(90)108-60-45-50-70(65(55-60)83(102)103)111-78(93)40-32-24-16-8-5-13-20-28-36-74(89)107-59-44-49-69(64(54-59)82(100)101)109-76(91)38-30-22-14-6-3-11-18-26-34-72(87)105-57-42-47-67(85)62(52-57)80(96)97/h41-55,84-85H,1-40H2,(H,94,95)(H,96,97)(H,98,99)(H,100,101)(H,102,103). The van der Waals surface area contributed by atoms with Gasteiger partial charge in [-0.25, -0.2) is 24.0 Å². The van der Waals surface area contributed by atoms with Gasteiger partial charge in [0.2, 0.25) is 0 Å². The van der Waals surface area contributed by atoms with Crippen molar-refractivity contribution in [1.29, 1.82) is 0 Å². The number of hydrogen-bond acceptors (Lipinski definition) is 23. The molecule has 0 fully saturated rings. The lowest BCUT2D eigenvalue weighted by molar-refractivity contribution is -0.135. The summed E-state index contributed by atoms with van der Waals surface area (Å²) in [5.41, 5.74) is -1.72. The number of phenols is 2. The van der Waals surface area contributed by atoms with Crippen molar-refractivity contribution in [2.45, 2.75) is 257 Å². The molecule has 0 bridgehead atoms. The fourth-order valence-electron chi connectivity index (χ4n) is 11.8. The fraction of sp³-hybridized carbons (Fsp3) is 0.482. The number of benzene rings is 5. The molecule has 0 aliphatic carbocycles. The van der Waals surface area contributed by atoms with Gasteiger partial charge in [-0.15, -0.1) is 0 Å². The first-order valence-electron chi connectivity index (χ1n) is 38.3. The van der Waals surface area contributed by atoms with Crippen LogP contribution in [0.15, 0.2) is 91.0 Å². The summed E-state index contributed by atoms with van der Waals surface area (Å²) >= 11 is 0. The molecule has 0 atom stereocenters. The fourth-order valence-corrected chi connectivity index (χ4v) is 11.8. The number of carbonyl (C=O) groups excluding carboxylic acids is 8. The van der Waals surface area contributed by atoms with E-state index in [0.717, 1.165) is 197 Å². The molecule has 0 amide bonds. The Morgan fingerprint density at radius 3 is 0.505 bits per heavy atom. The molecule has 28 heteroatoms. The second-order valence-electron chi connectivity index (χ2n) is 27.0. The third-order valence-electron chi connectivity index (χ3n) is 17.8. The summed E-state index contributed by atoms with van der Waals surface area (Å²) in [5.74, 6) is -12.5. The van der Waals surface area contributed by atoms with E-state index >= 15 is 0 Å². The Balaban J connectivity index is 0.813. The maximum Gasteiger partial charge on any atom is 0.339 e. The van der Waals surface area contributed by atoms with Gasteiger partial charge in [-0.3, -0.25) is 38.4 Å². The minimum atomic E-state index is -1.37. The number of aromatic hydroxyl groups is 2. The lowest BCUT2D eigenvalue weighted by Crippen LogP contribution is -2.12. The first-order chi connectivity index (χ1) is 53.3. The zero-order valence-electron chi connectivity index (χ0n) is 62.6. The monoisotopic (exact) mass is 1550 g/mol. The van der Waals surface area contributed by atoms with Gasteiger partial charge in [-0.2, -0.15) is 0 Å². The van der Waals surface area contributed by atoms with Crippen molar-refractivity contribution in [2.75, 3.05) is 0 Å². The summed E-state index contributed by atoms with van der Waals surface area (Å²) in [7, 11) is 0. The quantitative estimate of drug-likeness (QED) is 0.0108. The van der Waals surface area contributed by atoms with Crippen LogP contribution in [0.1, 0.15) is 309 Å². The van der Waals surface area contributed by atoms with E-state index in [9.17, 15) is 87.9 Å². The van der Waals surface area contributed by atoms with Crippen LogP contribution in [0.2, 0.25) is 0 Å². The van der Waals surface area contributed by atoms with Crippen LogP contribution in [0, 0.1) is 0 Å². The first-order valence-corrected chi connectivity index (χ1v) is 38.3. The molecule has 5 rings (SSSR count). The van der Waals surface area contributed by atoms with E-state index in [1.165, 1.54) is 48.5 Å². The topological polar surface area (TPSA) is 437 Å². The summed E-state index contributed by atoms with van der Waals surface area (Å²) in [5, 5.41) is 66.9. The van der Waals surface area contributed by atoms with E-state index in [1.54, 1.807) is 0 Å². The van der Waals surface area contributed by atoms with Crippen LogP contribution >= 0.6 is 0 Å². The lowest BCUT2D eigenvalue weighted by atomic mass is 10.1. The predicted molar refractivity (Wildman–Crippen MR) is 400 cm³/mol. The molecule has 0 aliphatic rings. The van der Waals surface area contributed by atoms with Crippen molar-refractivity contribution < 1.29 is 136 Å². The highest BCUT2D eigenvalue weighted by Gasteiger charge is 2.23. The van der Waals surface area contributed by atoms with Crippen molar-refractivity contribution in [1.82, 2.24) is 0 Å². The van der Waals surface area contributed by atoms with Gasteiger partial charge in [0, 0.05) is 51.4 Å². The van der Waals surface area contributed by atoms with Crippen LogP contribution in [-0.4, -0.2) is 113 Å². The normalized spacial score (nSPS) is 10.9. The summed E-state index contributed by atoms with van der Waals surface area (Å²) in [6.45, 7) is 0. The molecule has 5 aromatic rings. The molecule has 111 heavy (non-hydrogen) atoms. The second kappa shape index (κ2) is 51.3. The summed E-state index contributed by atoms with van der Waals surface area (Å²) < 4.78 is 42.6. The number of rotatable bonds is 57. The van der Waals surface area contributed by atoms with Gasteiger partial charge in [-0.05, 0) is 142 Å². The molecule has 0 radical (unpaired) electrons. The zero-order chi connectivity index (χ0) is 80.7. The van der Waals surface area contributed by atoms with Gasteiger partial charge in [-0.1, -0.05) is 154 Å². The van der Waals surface area contributed by atoms with Gasteiger partial charge in [0.1, 0.15) is 85.3 Å². The van der Waals surface area contributed by atoms with Gasteiger partial charge in [0.05, 0.1) is 0 Å².